The average Bonchev–Trinajstić information content (AvgIpc) is 2.19. The molecule has 0 unspecified atom stereocenters. The molecule has 0 amide bonds. The average molecular weight is 210 g/mol. The summed E-state index contributed by atoms with van der Waals surface area (Å²) in [5.74, 6) is 0.584. The van der Waals surface area contributed by atoms with Gasteiger partial charge in [-0.3, -0.25) is 4.79 Å². The van der Waals surface area contributed by atoms with Crippen LogP contribution in [0.5, 0.6) is 0 Å². The highest BCUT2D eigenvalue weighted by Crippen LogP contribution is 2.03. The molecule has 1 aromatic heterocycles. The minimum Gasteiger partial charge on any atom is -0.293 e. The van der Waals surface area contributed by atoms with Crippen molar-refractivity contribution < 1.29 is 4.79 Å². The van der Waals surface area contributed by atoms with E-state index in [1.54, 1.807) is 6.07 Å². The Kier molecular flexibility index (Phi) is 4.33. The Balaban J connectivity index is 2.78. The highest BCUT2D eigenvalue weighted by molar-refractivity contribution is 6.17. The first-order chi connectivity index (χ1) is 6.74. The van der Waals surface area contributed by atoms with Gasteiger partial charge in [-0.15, -0.1) is 11.6 Å². The van der Waals surface area contributed by atoms with Crippen LogP contribution >= 0.6 is 11.6 Å². The summed E-state index contributed by atoms with van der Waals surface area (Å²) in [6.45, 7) is 1.51. The Morgan fingerprint density at radius 1 is 1.57 bits per heavy atom. The molecule has 1 rings (SSSR count). The third kappa shape index (κ3) is 3.30. The van der Waals surface area contributed by atoms with Crippen molar-refractivity contribution >= 4 is 23.5 Å². The Hall–Kier alpha value is -1.15. The zero-order valence-corrected chi connectivity index (χ0v) is 8.79. The van der Waals surface area contributed by atoms with Crippen LogP contribution in [0.1, 0.15) is 29.5 Å². The first-order valence-corrected chi connectivity index (χ1v) is 4.98. The SMILES string of the molecule is CC(=O)c1cccc(C=CCCCl)n1. The Bertz CT molecular complexity index is 347. The molecule has 1 aromatic rings. The number of Topliss-reactive ketones (excluding diaryl/α,β-unsaturated/α-hetero) is 1. The lowest BCUT2D eigenvalue weighted by Gasteiger charge is -1.96. The van der Waals surface area contributed by atoms with Crippen LogP contribution in [0.15, 0.2) is 24.3 Å². The van der Waals surface area contributed by atoms with Gasteiger partial charge < -0.3 is 0 Å². The van der Waals surface area contributed by atoms with Gasteiger partial charge in [0.05, 0.1) is 5.69 Å². The second-order valence-corrected chi connectivity index (χ2v) is 3.26. The monoisotopic (exact) mass is 209 g/mol. The van der Waals surface area contributed by atoms with Crippen molar-refractivity contribution in [3.8, 4) is 0 Å². The van der Waals surface area contributed by atoms with Gasteiger partial charge >= 0.3 is 0 Å². The third-order valence-electron chi connectivity index (χ3n) is 1.70. The van der Waals surface area contributed by atoms with Crippen LogP contribution < -0.4 is 0 Å². The lowest BCUT2D eigenvalue weighted by atomic mass is 10.2. The maximum Gasteiger partial charge on any atom is 0.178 e. The topological polar surface area (TPSA) is 30.0 Å². The predicted octanol–water partition coefficient (Wildman–Crippen LogP) is 2.93. The lowest BCUT2D eigenvalue weighted by molar-refractivity contribution is 0.101. The zero-order chi connectivity index (χ0) is 10.4. The molecule has 74 valence electrons. The minimum atomic E-state index is -0.0161. The van der Waals surface area contributed by atoms with E-state index in [-0.39, 0.29) is 5.78 Å². The van der Waals surface area contributed by atoms with Crippen LogP contribution in [0.4, 0.5) is 0 Å². The zero-order valence-electron chi connectivity index (χ0n) is 8.03. The summed E-state index contributed by atoms with van der Waals surface area (Å²) in [5, 5.41) is 0. The smallest absolute Gasteiger partial charge is 0.178 e. The van der Waals surface area contributed by atoms with Crippen molar-refractivity contribution in [3.63, 3.8) is 0 Å². The number of alkyl halides is 1. The minimum absolute atomic E-state index is 0.0161. The van der Waals surface area contributed by atoms with Crippen molar-refractivity contribution in [3.05, 3.63) is 35.7 Å². The number of pyridine rings is 1. The van der Waals surface area contributed by atoms with Crippen molar-refractivity contribution in [1.29, 1.82) is 0 Å². The van der Waals surface area contributed by atoms with Crippen LogP contribution in [0.2, 0.25) is 0 Å². The van der Waals surface area contributed by atoms with Crippen molar-refractivity contribution in [2.24, 2.45) is 0 Å². The van der Waals surface area contributed by atoms with Gasteiger partial charge in [-0.1, -0.05) is 12.1 Å². The lowest BCUT2D eigenvalue weighted by Crippen LogP contribution is -1.96. The molecule has 0 saturated carbocycles. The number of halogens is 1. The molecule has 0 spiro atoms. The molecule has 1 heterocycles. The van der Waals surface area contributed by atoms with Gasteiger partial charge in [0.15, 0.2) is 5.78 Å². The quantitative estimate of drug-likeness (QED) is 0.564. The fraction of sp³-hybridized carbons (Fsp3) is 0.273. The Morgan fingerprint density at radius 2 is 2.36 bits per heavy atom. The molecule has 0 radical (unpaired) electrons. The first-order valence-electron chi connectivity index (χ1n) is 4.44. The molecule has 0 fully saturated rings. The standard InChI is InChI=1S/C11H12ClNO/c1-9(14)11-7-4-6-10(13-11)5-2-3-8-12/h2,4-7H,3,8H2,1H3. The van der Waals surface area contributed by atoms with Gasteiger partial charge in [-0.25, -0.2) is 4.98 Å². The predicted molar refractivity (Wildman–Crippen MR) is 58.6 cm³/mol. The van der Waals surface area contributed by atoms with E-state index in [9.17, 15) is 4.79 Å². The van der Waals surface area contributed by atoms with E-state index in [1.807, 2.05) is 24.3 Å². The summed E-state index contributed by atoms with van der Waals surface area (Å²) in [4.78, 5) is 15.2. The second-order valence-electron chi connectivity index (χ2n) is 2.88. The van der Waals surface area contributed by atoms with E-state index in [2.05, 4.69) is 4.98 Å². The molecule has 2 nitrogen and oxygen atoms in total. The van der Waals surface area contributed by atoms with Crippen molar-refractivity contribution in [1.82, 2.24) is 4.98 Å². The molecule has 0 N–H and O–H groups in total. The maximum atomic E-state index is 11.0. The van der Waals surface area contributed by atoms with Gasteiger partial charge in [0, 0.05) is 12.8 Å². The van der Waals surface area contributed by atoms with Crippen LogP contribution in [-0.4, -0.2) is 16.6 Å². The number of rotatable bonds is 4. The number of allylic oxidation sites excluding steroid dienone is 1. The number of aromatic nitrogens is 1. The molecule has 0 bridgehead atoms. The first kappa shape index (κ1) is 10.9. The molecular weight excluding hydrogens is 198 g/mol. The number of hydrogen-bond donors (Lipinski definition) is 0. The van der Waals surface area contributed by atoms with Gasteiger partial charge in [0.25, 0.3) is 0 Å². The number of carbonyl (C=O) groups excluding carboxylic acids is 1. The fourth-order valence-electron chi connectivity index (χ4n) is 1.01. The second kappa shape index (κ2) is 5.55. The number of carbonyl (C=O) groups is 1. The highest BCUT2D eigenvalue weighted by atomic mass is 35.5. The van der Waals surface area contributed by atoms with Crippen LogP contribution in [0.3, 0.4) is 0 Å². The van der Waals surface area contributed by atoms with E-state index in [1.165, 1.54) is 6.92 Å². The van der Waals surface area contributed by atoms with E-state index >= 15 is 0 Å². The molecule has 0 aliphatic heterocycles. The number of nitrogens with zero attached hydrogens (tertiary/aromatic N) is 1. The summed E-state index contributed by atoms with van der Waals surface area (Å²) in [6.07, 6.45) is 4.63. The molecule has 14 heavy (non-hydrogen) atoms. The van der Waals surface area contributed by atoms with Gasteiger partial charge in [-0.2, -0.15) is 0 Å². The van der Waals surface area contributed by atoms with Gasteiger partial charge in [-0.05, 0) is 24.6 Å². The van der Waals surface area contributed by atoms with E-state index in [4.69, 9.17) is 11.6 Å². The summed E-state index contributed by atoms with van der Waals surface area (Å²) < 4.78 is 0. The van der Waals surface area contributed by atoms with Gasteiger partial charge in [0.1, 0.15) is 5.69 Å². The summed E-state index contributed by atoms with van der Waals surface area (Å²) >= 11 is 5.52. The molecule has 0 aliphatic carbocycles. The molecule has 0 saturated heterocycles. The highest BCUT2D eigenvalue weighted by Gasteiger charge is 1.99. The Morgan fingerprint density at radius 3 is 3.00 bits per heavy atom. The Labute approximate surface area is 88.6 Å². The largest absolute Gasteiger partial charge is 0.293 e. The molecule has 0 aromatic carbocycles. The number of hydrogen-bond acceptors (Lipinski definition) is 2. The summed E-state index contributed by atoms with van der Waals surface area (Å²) in [6, 6.07) is 5.39. The molecule has 0 aliphatic rings. The van der Waals surface area contributed by atoms with Crippen LogP contribution in [-0.2, 0) is 0 Å². The fourth-order valence-corrected chi connectivity index (χ4v) is 1.13. The van der Waals surface area contributed by atoms with Crippen LogP contribution in [0.25, 0.3) is 6.08 Å². The normalized spacial score (nSPS) is 10.7. The third-order valence-corrected chi connectivity index (χ3v) is 1.91. The van der Waals surface area contributed by atoms with Crippen LogP contribution in [0, 0.1) is 0 Å². The molecule has 0 atom stereocenters. The maximum absolute atomic E-state index is 11.0. The van der Waals surface area contributed by atoms with E-state index < -0.39 is 0 Å². The van der Waals surface area contributed by atoms with Crippen molar-refractivity contribution in [2.45, 2.75) is 13.3 Å². The van der Waals surface area contributed by atoms with E-state index in [0.29, 0.717) is 11.6 Å². The van der Waals surface area contributed by atoms with Gasteiger partial charge in [0.2, 0.25) is 0 Å². The van der Waals surface area contributed by atoms with Crippen molar-refractivity contribution in [2.75, 3.05) is 5.88 Å². The van der Waals surface area contributed by atoms with E-state index in [0.717, 1.165) is 12.1 Å². The molecule has 3 heteroatoms. The summed E-state index contributed by atoms with van der Waals surface area (Å²) in [7, 11) is 0. The molecular formula is C11H12ClNO. The number of ketones is 1. The summed E-state index contributed by atoms with van der Waals surface area (Å²) in [5.41, 5.74) is 1.29.